The number of H-pyrrole nitrogens is 1. The number of pyridine rings is 2. The van der Waals surface area contributed by atoms with Gasteiger partial charge in [0.2, 0.25) is 0 Å². The van der Waals surface area contributed by atoms with Crippen molar-refractivity contribution in [2.45, 2.75) is 57.2 Å². The van der Waals surface area contributed by atoms with Gasteiger partial charge in [0.15, 0.2) is 5.82 Å². The van der Waals surface area contributed by atoms with Gasteiger partial charge in [-0.1, -0.05) is 0 Å². The van der Waals surface area contributed by atoms with Gasteiger partial charge in [-0.25, -0.2) is 4.98 Å². The Kier molecular flexibility index (Phi) is 5.31. The third-order valence-corrected chi connectivity index (χ3v) is 6.79. The van der Waals surface area contributed by atoms with Gasteiger partial charge in [-0.15, -0.1) is 0 Å². The maximum Gasteiger partial charge on any atom is 0.250 e. The number of nitriles is 1. The molecule has 3 aromatic heterocycles. The Balaban J connectivity index is 1.45. The van der Waals surface area contributed by atoms with E-state index in [1.807, 2.05) is 25.1 Å². The molecule has 3 N–H and O–H groups in total. The van der Waals surface area contributed by atoms with E-state index in [-0.39, 0.29) is 5.56 Å². The number of hydrogen-bond donors (Lipinski definition) is 3. The highest BCUT2D eigenvalue weighted by atomic mass is 16.1. The van der Waals surface area contributed by atoms with Crippen LogP contribution < -0.4 is 16.2 Å². The zero-order valence-electron chi connectivity index (χ0n) is 18.4. The van der Waals surface area contributed by atoms with Gasteiger partial charge in [-0.3, -0.25) is 14.8 Å². The second kappa shape index (κ2) is 8.28. The smallest absolute Gasteiger partial charge is 0.250 e. The topological polar surface area (TPSA) is 115 Å². The first-order valence-electron chi connectivity index (χ1n) is 11.2. The third kappa shape index (κ3) is 3.82. The van der Waals surface area contributed by atoms with Crippen molar-refractivity contribution in [2.75, 3.05) is 17.2 Å². The summed E-state index contributed by atoms with van der Waals surface area (Å²) < 4.78 is 1.65. The molecule has 9 heteroatoms. The van der Waals surface area contributed by atoms with E-state index in [4.69, 9.17) is 10.2 Å². The van der Waals surface area contributed by atoms with Crippen LogP contribution in [0.15, 0.2) is 29.1 Å². The van der Waals surface area contributed by atoms with Gasteiger partial charge in [0.05, 0.1) is 11.6 Å². The first-order chi connectivity index (χ1) is 15.5. The monoisotopic (exact) mass is 432 g/mol. The second-order valence-electron chi connectivity index (χ2n) is 8.92. The normalized spacial score (nSPS) is 22.7. The van der Waals surface area contributed by atoms with Crippen LogP contribution in [0.1, 0.15) is 37.8 Å². The SMILES string of the molecule is Cc1cc(Nc2cc3c(ccc(=O)n3C)c(NC3CC4CC[C@H](C3)N4CCC#N)n2)n[nH]1. The molecule has 5 rings (SSSR count). The lowest BCUT2D eigenvalue weighted by Gasteiger charge is -2.39. The molecule has 0 aliphatic carbocycles. The van der Waals surface area contributed by atoms with Crippen LogP contribution in [0.4, 0.5) is 17.5 Å². The van der Waals surface area contributed by atoms with E-state index >= 15 is 0 Å². The van der Waals surface area contributed by atoms with Crippen LogP contribution >= 0.6 is 0 Å². The lowest BCUT2D eigenvalue weighted by atomic mass is 9.97. The molecular weight excluding hydrogens is 404 g/mol. The van der Waals surface area contributed by atoms with Crippen LogP contribution in [0.25, 0.3) is 10.9 Å². The average molecular weight is 433 g/mol. The highest BCUT2D eigenvalue weighted by Crippen LogP contribution is 2.37. The van der Waals surface area contributed by atoms with E-state index in [1.165, 1.54) is 12.8 Å². The van der Waals surface area contributed by atoms with Gasteiger partial charge in [0.25, 0.3) is 5.56 Å². The average Bonchev–Trinajstić information content (AvgIpc) is 3.28. The van der Waals surface area contributed by atoms with Crippen molar-refractivity contribution in [1.29, 1.82) is 5.26 Å². The maximum absolute atomic E-state index is 12.3. The van der Waals surface area contributed by atoms with E-state index in [0.29, 0.717) is 36.2 Å². The number of piperidine rings is 1. The fourth-order valence-electron chi connectivity index (χ4n) is 5.29. The van der Waals surface area contributed by atoms with E-state index in [9.17, 15) is 4.79 Å². The molecule has 166 valence electrons. The van der Waals surface area contributed by atoms with E-state index in [0.717, 1.165) is 41.8 Å². The number of rotatable bonds is 6. The fraction of sp³-hybridized carbons (Fsp3) is 0.478. The summed E-state index contributed by atoms with van der Waals surface area (Å²) in [6.45, 7) is 2.81. The number of aromatic amines is 1. The van der Waals surface area contributed by atoms with Gasteiger partial charge in [0.1, 0.15) is 11.6 Å². The maximum atomic E-state index is 12.3. The Hall–Kier alpha value is -3.38. The van der Waals surface area contributed by atoms with Crippen molar-refractivity contribution in [3.63, 3.8) is 0 Å². The zero-order chi connectivity index (χ0) is 22.2. The molecule has 0 amide bonds. The summed E-state index contributed by atoms with van der Waals surface area (Å²) in [5.41, 5.74) is 1.72. The summed E-state index contributed by atoms with van der Waals surface area (Å²) in [5, 5.41) is 24.0. The molecule has 0 saturated carbocycles. The van der Waals surface area contributed by atoms with Crippen molar-refractivity contribution in [1.82, 2.24) is 24.6 Å². The van der Waals surface area contributed by atoms with Gasteiger partial charge < -0.3 is 15.2 Å². The predicted octanol–water partition coefficient (Wildman–Crippen LogP) is 3.03. The molecule has 5 heterocycles. The molecule has 2 unspecified atom stereocenters. The van der Waals surface area contributed by atoms with Crippen LogP contribution in [-0.4, -0.2) is 49.3 Å². The van der Waals surface area contributed by atoms with Crippen LogP contribution in [0, 0.1) is 18.3 Å². The largest absolute Gasteiger partial charge is 0.367 e. The molecule has 2 aliphatic heterocycles. The molecular formula is C23H28N8O. The number of aryl methyl sites for hydroxylation is 2. The quantitative estimate of drug-likeness (QED) is 0.548. The Labute approximate surface area is 186 Å². The van der Waals surface area contributed by atoms with Crippen molar-refractivity contribution in [3.05, 3.63) is 40.3 Å². The highest BCUT2D eigenvalue weighted by molar-refractivity contribution is 5.92. The number of aromatic nitrogens is 4. The van der Waals surface area contributed by atoms with Crippen molar-refractivity contribution < 1.29 is 0 Å². The third-order valence-electron chi connectivity index (χ3n) is 6.79. The lowest BCUT2D eigenvalue weighted by Crippen LogP contribution is -2.47. The molecule has 0 spiro atoms. The number of anilines is 3. The molecule has 9 nitrogen and oxygen atoms in total. The standard InChI is InChI=1S/C23H28N8O/c1-14-10-21(29-28-14)26-20-13-19-18(6-7-22(32)30(19)2)23(27-20)25-15-11-16-4-5-17(12-15)31(16)9-3-8-24/h6-7,10,13,15-17H,3-5,9,11-12H2,1-2H3,(H3,25,26,27,28,29)/t15?,16-,17?/m1/s1. The van der Waals surface area contributed by atoms with Gasteiger partial charge in [-0.05, 0) is 38.7 Å². The molecule has 3 atom stereocenters. The Morgan fingerprint density at radius 2 is 2.00 bits per heavy atom. The summed E-state index contributed by atoms with van der Waals surface area (Å²) in [6, 6.07) is 10.9. The first-order valence-corrected chi connectivity index (χ1v) is 11.2. The Morgan fingerprint density at radius 3 is 2.69 bits per heavy atom. The summed E-state index contributed by atoms with van der Waals surface area (Å²) in [5.74, 6) is 2.11. The van der Waals surface area contributed by atoms with Crippen molar-refractivity contribution in [2.24, 2.45) is 7.05 Å². The van der Waals surface area contributed by atoms with Gasteiger partial charge in [0, 0.05) is 67.4 Å². The van der Waals surface area contributed by atoms with Gasteiger partial charge >= 0.3 is 0 Å². The molecule has 2 fully saturated rings. The number of nitrogens with zero attached hydrogens (tertiary/aromatic N) is 5. The second-order valence-corrected chi connectivity index (χ2v) is 8.92. The van der Waals surface area contributed by atoms with Crippen LogP contribution in [0.5, 0.6) is 0 Å². The molecule has 2 saturated heterocycles. The van der Waals surface area contributed by atoms with E-state index in [1.54, 1.807) is 17.7 Å². The summed E-state index contributed by atoms with van der Waals surface area (Å²) in [7, 11) is 1.78. The molecule has 32 heavy (non-hydrogen) atoms. The predicted molar refractivity (Wildman–Crippen MR) is 124 cm³/mol. The first kappa shape index (κ1) is 20.5. The van der Waals surface area contributed by atoms with Crippen molar-refractivity contribution >= 4 is 28.4 Å². The molecule has 2 bridgehead atoms. The summed E-state index contributed by atoms with van der Waals surface area (Å²) >= 11 is 0. The minimum atomic E-state index is -0.0555. The summed E-state index contributed by atoms with van der Waals surface area (Å²) in [6.07, 6.45) is 5.04. The lowest BCUT2D eigenvalue weighted by molar-refractivity contribution is 0.136. The highest BCUT2D eigenvalue weighted by Gasteiger charge is 2.40. The number of nitrogens with one attached hydrogen (secondary N) is 3. The minimum absolute atomic E-state index is 0.0555. The Bertz CT molecular complexity index is 1230. The van der Waals surface area contributed by atoms with E-state index in [2.05, 4.69) is 31.8 Å². The molecule has 2 aliphatic rings. The fourth-order valence-corrected chi connectivity index (χ4v) is 5.29. The number of fused-ring (bicyclic) bond motifs is 3. The molecule has 0 radical (unpaired) electrons. The van der Waals surface area contributed by atoms with Crippen molar-refractivity contribution in [3.8, 4) is 6.07 Å². The van der Waals surface area contributed by atoms with E-state index < -0.39 is 0 Å². The van der Waals surface area contributed by atoms with Crippen LogP contribution in [0.2, 0.25) is 0 Å². The summed E-state index contributed by atoms with van der Waals surface area (Å²) in [4.78, 5) is 19.7. The van der Waals surface area contributed by atoms with Gasteiger partial charge in [-0.2, -0.15) is 10.4 Å². The molecule has 3 aromatic rings. The van der Waals surface area contributed by atoms with Crippen LogP contribution in [0.3, 0.4) is 0 Å². The molecule has 0 aromatic carbocycles. The minimum Gasteiger partial charge on any atom is -0.367 e. The number of hydrogen-bond acceptors (Lipinski definition) is 7. The zero-order valence-corrected chi connectivity index (χ0v) is 18.4. The Morgan fingerprint density at radius 1 is 1.22 bits per heavy atom. The van der Waals surface area contributed by atoms with Crippen LogP contribution in [-0.2, 0) is 7.05 Å².